The Morgan fingerprint density at radius 2 is 1.47 bits per heavy atom. The van der Waals surface area contributed by atoms with E-state index < -0.39 is 0 Å². The lowest BCUT2D eigenvalue weighted by atomic mass is 9.93. The van der Waals surface area contributed by atoms with Crippen LogP contribution < -0.4 is 0 Å². The van der Waals surface area contributed by atoms with Gasteiger partial charge in [-0.05, 0) is 46.0 Å². The van der Waals surface area contributed by atoms with Gasteiger partial charge in [0.05, 0.1) is 0 Å². The van der Waals surface area contributed by atoms with Gasteiger partial charge in [-0.15, -0.1) is 6.58 Å². The van der Waals surface area contributed by atoms with Crippen molar-refractivity contribution in [2.45, 2.75) is 48.0 Å². The van der Waals surface area contributed by atoms with Gasteiger partial charge in [0.2, 0.25) is 0 Å². The predicted octanol–water partition coefficient (Wildman–Crippen LogP) is 5.69. The molecule has 17 heavy (non-hydrogen) atoms. The Balaban J connectivity index is 4.67. The first-order chi connectivity index (χ1) is 7.88. The molecular formula is C17H28. The van der Waals surface area contributed by atoms with Crippen LogP contribution in [0.1, 0.15) is 48.0 Å². The smallest absolute Gasteiger partial charge is 0.00515 e. The van der Waals surface area contributed by atoms with E-state index in [9.17, 15) is 0 Å². The zero-order chi connectivity index (χ0) is 13.4. The van der Waals surface area contributed by atoms with Crippen LogP contribution in [0.25, 0.3) is 0 Å². The van der Waals surface area contributed by atoms with Gasteiger partial charge in [0.1, 0.15) is 0 Å². The molecule has 0 aliphatic heterocycles. The van der Waals surface area contributed by atoms with E-state index in [0.29, 0.717) is 11.8 Å². The minimum atomic E-state index is 0.517. The van der Waals surface area contributed by atoms with Crippen molar-refractivity contribution in [3.8, 4) is 0 Å². The number of rotatable bonds is 6. The largest absolute Gasteiger partial charge is 0.103 e. The Morgan fingerprint density at radius 1 is 0.941 bits per heavy atom. The Labute approximate surface area is 108 Å². The fourth-order valence-electron chi connectivity index (χ4n) is 1.76. The van der Waals surface area contributed by atoms with Crippen LogP contribution in [0.15, 0.2) is 47.6 Å². The lowest BCUT2D eigenvalue weighted by Gasteiger charge is -2.13. The Hall–Kier alpha value is -1.04. The second kappa shape index (κ2) is 8.11. The third-order valence-corrected chi connectivity index (χ3v) is 3.14. The van der Waals surface area contributed by atoms with E-state index >= 15 is 0 Å². The van der Waals surface area contributed by atoms with Crippen LogP contribution in [-0.4, -0.2) is 0 Å². The summed E-state index contributed by atoms with van der Waals surface area (Å²) in [6, 6.07) is 0. The quantitative estimate of drug-likeness (QED) is 0.516. The molecule has 0 radical (unpaired) electrons. The van der Waals surface area contributed by atoms with Gasteiger partial charge in [-0.25, -0.2) is 0 Å². The molecule has 0 aliphatic carbocycles. The molecule has 0 heteroatoms. The van der Waals surface area contributed by atoms with E-state index in [4.69, 9.17) is 0 Å². The summed E-state index contributed by atoms with van der Waals surface area (Å²) in [6.07, 6.45) is 9.86. The normalized spacial score (nSPS) is 16.4. The minimum absolute atomic E-state index is 0.517. The SMILES string of the molecule is C=CCC=C(C)C(C)C=C(C)C(C)C=C(C)C. The highest BCUT2D eigenvalue weighted by atomic mass is 14.1. The Morgan fingerprint density at radius 3 is 1.94 bits per heavy atom. The van der Waals surface area contributed by atoms with Crippen molar-refractivity contribution in [3.63, 3.8) is 0 Å². The standard InChI is InChI=1S/C17H28/c1-8-9-10-14(4)16(6)12-17(7)15(5)11-13(2)3/h8,10-12,15-16H,1,9H2,2-7H3. The average Bonchev–Trinajstić information content (AvgIpc) is 2.24. The third kappa shape index (κ3) is 6.99. The van der Waals surface area contributed by atoms with Gasteiger partial charge >= 0.3 is 0 Å². The summed E-state index contributed by atoms with van der Waals surface area (Å²) in [5.74, 6) is 1.05. The molecule has 0 amide bonds. The second-order valence-electron chi connectivity index (χ2n) is 5.20. The predicted molar refractivity (Wildman–Crippen MR) is 80.1 cm³/mol. The van der Waals surface area contributed by atoms with Crippen LogP contribution in [-0.2, 0) is 0 Å². The topological polar surface area (TPSA) is 0 Å². The Bertz CT molecular complexity index is 322. The van der Waals surface area contributed by atoms with Gasteiger partial charge in [-0.2, -0.15) is 0 Å². The first kappa shape index (κ1) is 16.0. The molecule has 0 aromatic carbocycles. The fraction of sp³-hybridized carbons (Fsp3) is 0.529. The monoisotopic (exact) mass is 232 g/mol. The maximum absolute atomic E-state index is 3.75. The summed E-state index contributed by atoms with van der Waals surface area (Å²) >= 11 is 0. The van der Waals surface area contributed by atoms with Gasteiger partial charge < -0.3 is 0 Å². The van der Waals surface area contributed by atoms with Gasteiger partial charge in [-0.3, -0.25) is 0 Å². The van der Waals surface area contributed by atoms with Crippen LogP contribution >= 0.6 is 0 Å². The minimum Gasteiger partial charge on any atom is -0.103 e. The van der Waals surface area contributed by atoms with Crippen LogP contribution in [0.5, 0.6) is 0 Å². The summed E-state index contributed by atoms with van der Waals surface area (Å²) in [6.45, 7) is 17.0. The molecule has 0 saturated carbocycles. The molecule has 0 rings (SSSR count). The van der Waals surface area contributed by atoms with Gasteiger partial charge in [0, 0.05) is 0 Å². The molecule has 0 aromatic rings. The molecule has 0 saturated heterocycles. The number of hydrogen-bond acceptors (Lipinski definition) is 0. The molecule has 0 spiro atoms. The molecule has 0 aromatic heterocycles. The van der Waals surface area contributed by atoms with Gasteiger partial charge in [0.25, 0.3) is 0 Å². The molecular weight excluding hydrogens is 204 g/mol. The summed E-state index contributed by atoms with van der Waals surface area (Å²) in [4.78, 5) is 0. The van der Waals surface area contributed by atoms with E-state index in [0.717, 1.165) is 6.42 Å². The fourth-order valence-corrected chi connectivity index (χ4v) is 1.76. The van der Waals surface area contributed by atoms with Crippen molar-refractivity contribution in [3.05, 3.63) is 47.6 Å². The van der Waals surface area contributed by atoms with Crippen molar-refractivity contribution < 1.29 is 0 Å². The summed E-state index contributed by atoms with van der Waals surface area (Å²) in [5, 5.41) is 0. The summed E-state index contributed by atoms with van der Waals surface area (Å²) < 4.78 is 0. The van der Waals surface area contributed by atoms with Crippen molar-refractivity contribution >= 4 is 0 Å². The van der Waals surface area contributed by atoms with Gasteiger partial charge in [0.15, 0.2) is 0 Å². The maximum atomic E-state index is 3.75. The molecule has 2 unspecified atom stereocenters. The molecule has 0 nitrogen and oxygen atoms in total. The van der Waals surface area contributed by atoms with Crippen molar-refractivity contribution in [2.75, 3.05) is 0 Å². The van der Waals surface area contributed by atoms with E-state index in [1.165, 1.54) is 16.7 Å². The Kier molecular flexibility index (Phi) is 7.61. The molecule has 0 heterocycles. The maximum Gasteiger partial charge on any atom is -0.00515 e. The summed E-state index contributed by atoms with van der Waals surface area (Å²) in [7, 11) is 0. The van der Waals surface area contributed by atoms with E-state index in [-0.39, 0.29) is 0 Å². The lowest BCUT2D eigenvalue weighted by molar-refractivity contribution is 0.789. The van der Waals surface area contributed by atoms with Crippen molar-refractivity contribution in [2.24, 2.45) is 11.8 Å². The first-order valence-corrected chi connectivity index (χ1v) is 6.49. The molecule has 0 bridgehead atoms. The van der Waals surface area contributed by atoms with Crippen molar-refractivity contribution in [1.82, 2.24) is 0 Å². The highest BCUT2D eigenvalue weighted by Crippen LogP contribution is 2.20. The third-order valence-electron chi connectivity index (χ3n) is 3.14. The van der Waals surface area contributed by atoms with E-state index in [1.807, 2.05) is 6.08 Å². The zero-order valence-electron chi connectivity index (χ0n) is 12.4. The first-order valence-electron chi connectivity index (χ1n) is 6.49. The van der Waals surface area contributed by atoms with Crippen LogP contribution in [0.3, 0.4) is 0 Å². The average molecular weight is 232 g/mol. The number of hydrogen-bond donors (Lipinski definition) is 0. The van der Waals surface area contributed by atoms with Crippen LogP contribution in [0.2, 0.25) is 0 Å². The molecule has 2 atom stereocenters. The molecule has 96 valence electrons. The molecule has 0 fully saturated rings. The highest BCUT2D eigenvalue weighted by Gasteiger charge is 2.05. The van der Waals surface area contributed by atoms with Gasteiger partial charge in [-0.1, -0.05) is 54.9 Å². The molecule has 0 N–H and O–H groups in total. The van der Waals surface area contributed by atoms with E-state index in [1.54, 1.807) is 0 Å². The lowest BCUT2D eigenvalue weighted by Crippen LogP contribution is -1.98. The summed E-state index contributed by atoms with van der Waals surface area (Å²) in [5.41, 5.74) is 4.26. The van der Waals surface area contributed by atoms with Crippen LogP contribution in [0, 0.1) is 11.8 Å². The van der Waals surface area contributed by atoms with E-state index in [2.05, 4.69) is 66.3 Å². The van der Waals surface area contributed by atoms with Crippen LogP contribution in [0.4, 0.5) is 0 Å². The second-order valence-corrected chi connectivity index (χ2v) is 5.20. The highest BCUT2D eigenvalue weighted by molar-refractivity contribution is 5.18. The molecule has 0 aliphatic rings. The van der Waals surface area contributed by atoms with Crippen molar-refractivity contribution in [1.29, 1.82) is 0 Å². The number of allylic oxidation sites excluding steroid dienone is 7. The zero-order valence-corrected chi connectivity index (χ0v) is 12.4.